The van der Waals surface area contributed by atoms with E-state index in [1.165, 1.54) is 19.2 Å². The number of esters is 1. The SMILES string of the molecule is CCCN(CC(=O)OC)c1ccc(C#N)cc1F. The number of methoxy groups -OCH3 is 1. The molecule has 4 nitrogen and oxygen atoms in total. The number of nitrogens with zero attached hydrogens (tertiary/aromatic N) is 2. The van der Waals surface area contributed by atoms with Crippen LogP contribution in [-0.4, -0.2) is 26.2 Å². The third-order valence-electron chi connectivity index (χ3n) is 2.46. The quantitative estimate of drug-likeness (QED) is 0.751. The number of carbonyl (C=O) groups is 1. The Morgan fingerprint density at radius 2 is 2.28 bits per heavy atom. The second kappa shape index (κ2) is 6.60. The van der Waals surface area contributed by atoms with E-state index in [1.54, 1.807) is 4.90 Å². The maximum atomic E-state index is 13.8. The summed E-state index contributed by atoms with van der Waals surface area (Å²) in [6, 6.07) is 6.06. The van der Waals surface area contributed by atoms with Crippen LogP contribution in [0.3, 0.4) is 0 Å². The summed E-state index contributed by atoms with van der Waals surface area (Å²) >= 11 is 0. The number of halogens is 1. The van der Waals surface area contributed by atoms with Gasteiger partial charge in [-0.3, -0.25) is 4.79 Å². The van der Waals surface area contributed by atoms with Crippen molar-refractivity contribution in [2.45, 2.75) is 13.3 Å². The topological polar surface area (TPSA) is 53.3 Å². The van der Waals surface area contributed by atoms with Crippen molar-refractivity contribution in [1.82, 2.24) is 0 Å². The van der Waals surface area contributed by atoms with Gasteiger partial charge in [-0.2, -0.15) is 5.26 Å². The molecule has 0 saturated carbocycles. The molecule has 96 valence electrons. The Morgan fingerprint density at radius 1 is 1.56 bits per heavy atom. The summed E-state index contributed by atoms with van der Waals surface area (Å²) in [5.41, 5.74) is 0.562. The molecule has 0 unspecified atom stereocenters. The first-order valence-corrected chi connectivity index (χ1v) is 5.63. The second-order valence-corrected chi connectivity index (χ2v) is 3.78. The molecule has 0 aliphatic rings. The molecule has 1 rings (SSSR count). The number of carbonyl (C=O) groups excluding carboxylic acids is 1. The van der Waals surface area contributed by atoms with Crippen molar-refractivity contribution in [2.75, 3.05) is 25.1 Å². The Kier molecular flexibility index (Phi) is 5.12. The van der Waals surface area contributed by atoms with Gasteiger partial charge in [0.1, 0.15) is 12.4 Å². The molecule has 0 saturated heterocycles. The van der Waals surface area contributed by atoms with Crippen molar-refractivity contribution in [3.8, 4) is 6.07 Å². The molecule has 0 aromatic heterocycles. The van der Waals surface area contributed by atoms with Crippen LogP contribution in [-0.2, 0) is 9.53 Å². The van der Waals surface area contributed by atoms with Gasteiger partial charge in [-0.25, -0.2) is 4.39 Å². The van der Waals surface area contributed by atoms with E-state index in [2.05, 4.69) is 4.74 Å². The summed E-state index contributed by atoms with van der Waals surface area (Å²) in [6.07, 6.45) is 0.774. The maximum Gasteiger partial charge on any atom is 0.325 e. The minimum absolute atomic E-state index is 0.00679. The summed E-state index contributed by atoms with van der Waals surface area (Å²) < 4.78 is 18.4. The van der Waals surface area contributed by atoms with Crippen LogP contribution >= 0.6 is 0 Å². The summed E-state index contributed by atoms with van der Waals surface area (Å²) in [5, 5.41) is 8.67. The average molecular weight is 250 g/mol. The molecule has 0 fully saturated rings. The second-order valence-electron chi connectivity index (χ2n) is 3.78. The predicted molar refractivity (Wildman–Crippen MR) is 65.6 cm³/mol. The van der Waals surface area contributed by atoms with Crippen molar-refractivity contribution in [2.24, 2.45) is 0 Å². The first kappa shape index (κ1) is 14.0. The molecule has 0 atom stereocenters. The molecule has 18 heavy (non-hydrogen) atoms. The van der Waals surface area contributed by atoms with Gasteiger partial charge in [-0.1, -0.05) is 6.92 Å². The average Bonchev–Trinajstić information content (AvgIpc) is 2.38. The van der Waals surface area contributed by atoms with E-state index in [4.69, 9.17) is 5.26 Å². The van der Waals surface area contributed by atoms with Gasteiger partial charge in [-0.15, -0.1) is 0 Å². The molecule has 0 radical (unpaired) electrons. The fourth-order valence-corrected chi connectivity index (χ4v) is 1.61. The van der Waals surface area contributed by atoms with Gasteiger partial charge in [-0.05, 0) is 24.6 Å². The largest absolute Gasteiger partial charge is 0.468 e. The van der Waals surface area contributed by atoms with Crippen molar-refractivity contribution < 1.29 is 13.9 Å². The van der Waals surface area contributed by atoms with Gasteiger partial charge in [0.25, 0.3) is 0 Å². The van der Waals surface area contributed by atoms with Crippen LogP contribution < -0.4 is 4.90 Å². The van der Waals surface area contributed by atoms with E-state index in [0.717, 1.165) is 12.5 Å². The van der Waals surface area contributed by atoms with Crippen molar-refractivity contribution in [3.05, 3.63) is 29.6 Å². The Labute approximate surface area is 106 Å². The molecule has 1 aromatic carbocycles. The molecule has 0 bridgehead atoms. The van der Waals surface area contributed by atoms with Crippen LogP contribution in [0.15, 0.2) is 18.2 Å². The lowest BCUT2D eigenvalue weighted by Gasteiger charge is -2.23. The van der Waals surface area contributed by atoms with Gasteiger partial charge in [0.15, 0.2) is 0 Å². The van der Waals surface area contributed by atoms with Crippen LogP contribution in [0.5, 0.6) is 0 Å². The van der Waals surface area contributed by atoms with Crippen LogP contribution in [0.2, 0.25) is 0 Å². The number of hydrogen-bond acceptors (Lipinski definition) is 4. The molecule has 1 aromatic rings. The van der Waals surface area contributed by atoms with Crippen molar-refractivity contribution >= 4 is 11.7 Å². The summed E-state index contributed by atoms with van der Waals surface area (Å²) in [5.74, 6) is -0.932. The predicted octanol–water partition coefficient (Wildman–Crippen LogP) is 2.09. The fraction of sp³-hybridized carbons (Fsp3) is 0.385. The number of hydrogen-bond donors (Lipinski definition) is 0. The van der Waals surface area contributed by atoms with E-state index in [0.29, 0.717) is 12.2 Å². The number of ether oxygens (including phenoxy) is 1. The van der Waals surface area contributed by atoms with Crippen molar-refractivity contribution in [1.29, 1.82) is 5.26 Å². The summed E-state index contributed by atoms with van der Waals surface area (Å²) in [7, 11) is 1.29. The normalized spacial score (nSPS) is 9.67. The van der Waals surface area contributed by atoms with Crippen molar-refractivity contribution in [3.63, 3.8) is 0 Å². The van der Waals surface area contributed by atoms with Gasteiger partial charge >= 0.3 is 5.97 Å². The highest BCUT2D eigenvalue weighted by molar-refractivity contribution is 5.75. The number of benzene rings is 1. The zero-order chi connectivity index (χ0) is 13.5. The molecular formula is C13H15FN2O2. The Balaban J connectivity index is 2.98. The van der Waals surface area contributed by atoms with E-state index in [-0.39, 0.29) is 12.1 Å². The van der Waals surface area contributed by atoms with E-state index in [1.807, 2.05) is 13.0 Å². The highest BCUT2D eigenvalue weighted by atomic mass is 19.1. The zero-order valence-electron chi connectivity index (χ0n) is 10.4. The highest BCUT2D eigenvalue weighted by Crippen LogP contribution is 2.20. The highest BCUT2D eigenvalue weighted by Gasteiger charge is 2.15. The first-order valence-electron chi connectivity index (χ1n) is 5.63. The molecule has 0 aliphatic carbocycles. The van der Waals surface area contributed by atoms with E-state index < -0.39 is 11.8 Å². The summed E-state index contributed by atoms with van der Waals surface area (Å²) in [6.45, 7) is 2.47. The lowest BCUT2D eigenvalue weighted by Crippen LogP contribution is -2.31. The minimum Gasteiger partial charge on any atom is -0.468 e. The molecule has 5 heteroatoms. The van der Waals surface area contributed by atoms with Crippen LogP contribution in [0.25, 0.3) is 0 Å². The molecule has 0 heterocycles. The maximum absolute atomic E-state index is 13.8. The molecule has 0 amide bonds. The van der Waals surface area contributed by atoms with Gasteiger partial charge < -0.3 is 9.64 Å². The molecular weight excluding hydrogens is 235 g/mol. The van der Waals surface area contributed by atoms with E-state index >= 15 is 0 Å². The smallest absolute Gasteiger partial charge is 0.325 e. The van der Waals surface area contributed by atoms with Gasteiger partial charge in [0, 0.05) is 6.54 Å². The monoisotopic (exact) mass is 250 g/mol. The number of nitriles is 1. The lowest BCUT2D eigenvalue weighted by molar-refractivity contribution is -0.138. The molecule has 0 aliphatic heterocycles. The lowest BCUT2D eigenvalue weighted by atomic mass is 10.2. The fourth-order valence-electron chi connectivity index (χ4n) is 1.61. The van der Waals surface area contributed by atoms with Crippen LogP contribution in [0, 0.1) is 17.1 Å². The number of rotatable bonds is 5. The minimum atomic E-state index is -0.508. The zero-order valence-corrected chi connectivity index (χ0v) is 10.4. The first-order chi connectivity index (χ1) is 8.62. The van der Waals surface area contributed by atoms with Gasteiger partial charge in [0.2, 0.25) is 0 Å². The van der Waals surface area contributed by atoms with Gasteiger partial charge in [0.05, 0.1) is 24.4 Å². The Morgan fingerprint density at radius 3 is 2.78 bits per heavy atom. The Hall–Kier alpha value is -2.09. The van der Waals surface area contributed by atoms with Crippen LogP contribution in [0.4, 0.5) is 10.1 Å². The van der Waals surface area contributed by atoms with E-state index in [9.17, 15) is 9.18 Å². The van der Waals surface area contributed by atoms with Crippen LogP contribution in [0.1, 0.15) is 18.9 Å². The Bertz CT molecular complexity index is 469. The molecule has 0 N–H and O–H groups in total. The number of anilines is 1. The standard InChI is InChI=1S/C13H15FN2O2/c1-3-6-16(9-13(17)18-2)12-5-4-10(8-15)7-11(12)14/h4-5,7H,3,6,9H2,1-2H3. The third-order valence-corrected chi connectivity index (χ3v) is 2.46. The third kappa shape index (κ3) is 3.45. The summed E-state index contributed by atoms with van der Waals surface area (Å²) in [4.78, 5) is 12.9. The molecule has 0 spiro atoms.